The average molecular weight is 292 g/mol. The second kappa shape index (κ2) is 18.6. The first-order valence-electron chi connectivity index (χ1n) is 1.15. The number of rotatable bonds is 0. The minimum atomic E-state index is 0. The molecule has 0 aliphatic heterocycles. The molecular weight excluding hydrogens is 285 g/mol. The largest absolute Gasteiger partial charge is 0.335 e. The van der Waals surface area contributed by atoms with Gasteiger partial charge in [0.15, 0.2) is 0 Å². The Morgan fingerprint density at radius 1 is 1.20 bits per heavy atom. The standard InChI is InChI=1S/C3H7.Au.Cr/c1-3-2;;/h3H,1-2H3;;/q-1;;. The molecule has 0 aliphatic rings. The van der Waals surface area contributed by atoms with Crippen molar-refractivity contribution in [1.82, 2.24) is 0 Å². The Balaban J connectivity index is -0.0000000200. The predicted octanol–water partition coefficient (Wildman–Crippen LogP) is 1.23. The molecule has 0 fully saturated rings. The van der Waals surface area contributed by atoms with Gasteiger partial charge in [0.2, 0.25) is 0 Å². The Hall–Kier alpha value is 1.27. The number of hydrogen-bond acceptors (Lipinski definition) is 0. The topological polar surface area (TPSA) is 0 Å². The van der Waals surface area contributed by atoms with E-state index in [-0.39, 0.29) is 39.7 Å². The van der Waals surface area contributed by atoms with Crippen LogP contribution in [0.4, 0.5) is 0 Å². The Bertz CT molecular complexity index is 6.85. The molecule has 1 radical (unpaired) electrons. The van der Waals surface area contributed by atoms with Crippen LogP contribution in [-0.4, -0.2) is 0 Å². The SMILES string of the molecule is C[CH-]C.[Au].[Cr]. The second-order valence-electron chi connectivity index (χ2n) is 0.577. The fourth-order valence-corrected chi connectivity index (χ4v) is 0. The van der Waals surface area contributed by atoms with Crippen LogP contribution in [-0.2, 0) is 39.7 Å². The van der Waals surface area contributed by atoms with Crippen molar-refractivity contribution in [2.24, 2.45) is 0 Å². The summed E-state index contributed by atoms with van der Waals surface area (Å²) in [6.45, 7) is 4.00. The molecule has 0 spiro atoms. The molecule has 0 nitrogen and oxygen atoms in total. The minimum absolute atomic E-state index is 0. The molecule has 37 valence electrons. The number of hydrogen-bond donors (Lipinski definition) is 0. The van der Waals surface area contributed by atoms with Crippen molar-refractivity contribution < 1.29 is 39.7 Å². The molecule has 5 heavy (non-hydrogen) atoms. The Kier molecular flexibility index (Phi) is 60.7. The van der Waals surface area contributed by atoms with Crippen molar-refractivity contribution in [1.29, 1.82) is 0 Å². The van der Waals surface area contributed by atoms with Gasteiger partial charge >= 0.3 is 0 Å². The van der Waals surface area contributed by atoms with Crippen LogP contribution in [0, 0.1) is 6.42 Å². The average Bonchev–Trinajstić information content (AvgIpc) is 0.918. The normalized spacial score (nSPS) is 3.60. The zero-order valence-corrected chi connectivity index (χ0v) is 6.73. The summed E-state index contributed by atoms with van der Waals surface area (Å²) in [6.07, 6.45) is 2.00. The molecule has 0 amide bonds. The Morgan fingerprint density at radius 2 is 1.20 bits per heavy atom. The Labute approximate surface area is 60.0 Å². The van der Waals surface area contributed by atoms with Crippen LogP contribution in [0.1, 0.15) is 13.8 Å². The van der Waals surface area contributed by atoms with Crippen LogP contribution in [0.15, 0.2) is 0 Å². The van der Waals surface area contributed by atoms with Gasteiger partial charge in [0.1, 0.15) is 0 Å². The van der Waals surface area contributed by atoms with Crippen LogP contribution in [0.2, 0.25) is 0 Å². The van der Waals surface area contributed by atoms with Crippen LogP contribution < -0.4 is 0 Å². The van der Waals surface area contributed by atoms with E-state index < -0.39 is 0 Å². The van der Waals surface area contributed by atoms with Gasteiger partial charge in [-0.05, 0) is 0 Å². The summed E-state index contributed by atoms with van der Waals surface area (Å²) >= 11 is 0. The van der Waals surface area contributed by atoms with Crippen LogP contribution in [0.3, 0.4) is 0 Å². The summed E-state index contributed by atoms with van der Waals surface area (Å²) in [6, 6.07) is 0. The predicted molar refractivity (Wildman–Crippen MR) is 15.6 cm³/mol. The van der Waals surface area contributed by atoms with Gasteiger partial charge in [0.25, 0.3) is 0 Å². The zero-order chi connectivity index (χ0) is 2.71. The van der Waals surface area contributed by atoms with E-state index in [4.69, 9.17) is 0 Å². The summed E-state index contributed by atoms with van der Waals surface area (Å²) in [7, 11) is 0. The maximum atomic E-state index is 2.00. The van der Waals surface area contributed by atoms with Crippen LogP contribution in [0.25, 0.3) is 0 Å². The molecule has 2 heteroatoms. The van der Waals surface area contributed by atoms with E-state index in [1.807, 2.05) is 20.3 Å². The Morgan fingerprint density at radius 3 is 1.20 bits per heavy atom. The molecule has 0 aliphatic carbocycles. The van der Waals surface area contributed by atoms with Gasteiger partial charge in [0.05, 0.1) is 0 Å². The fraction of sp³-hybridized carbons (Fsp3) is 0.667. The van der Waals surface area contributed by atoms with Gasteiger partial charge in [0, 0.05) is 39.7 Å². The maximum Gasteiger partial charge on any atom is 0 e. The van der Waals surface area contributed by atoms with E-state index in [0.29, 0.717) is 0 Å². The van der Waals surface area contributed by atoms with Crippen molar-refractivity contribution in [2.75, 3.05) is 0 Å². The monoisotopic (exact) mass is 292 g/mol. The molecule has 0 atom stereocenters. The molecule has 0 N–H and O–H groups in total. The molecule has 0 rings (SSSR count). The van der Waals surface area contributed by atoms with E-state index in [9.17, 15) is 0 Å². The van der Waals surface area contributed by atoms with Crippen molar-refractivity contribution in [3.63, 3.8) is 0 Å². The molecule has 0 aromatic rings. The molecule has 0 aromatic heterocycles. The summed E-state index contributed by atoms with van der Waals surface area (Å²) in [5, 5.41) is 0. The van der Waals surface area contributed by atoms with Crippen molar-refractivity contribution in [3.05, 3.63) is 6.42 Å². The quantitative estimate of drug-likeness (QED) is 0.465. The third-order valence-electron chi connectivity index (χ3n) is 0. The minimum Gasteiger partial charge on any atom is -0.335 e. The third-order valence-corrected chi connectivity index (χ3v) is 0. The van der Waals surface area contributed by atoms with Gasteiger partial charge in [-0.3, -0.25) is 0 Å². The third kappa shape index (κ3) is 34.9. The van der Waals surface area contributed by atoms with E-state index in [2.05, 4.69) is 0 Å². The van der Waals surface area contributed by atoms with E-state index in [1.165, 1.54) is 0 Å². The molecule has 0 saturated carbocycles. The van der Waals surface area contributed by atoms with Gasteiger partial charge < -0.3 is 6.42 Å². The van der Waals surface area contributed by atoms with Gasteiger partial charge in [-0.25, -0.2) is 0 Å². The summed E-state index contributed by atoms with van der Waals surface area (Å²) in [4.78, 5) is 0. The van der Waals surface area contributed by atoms with Gasteiger partial charge in [-0.1, -0.05) is 0 Å². The molecule has 0 saturated heterocycles. The van der Waals surface area contributed by atoms with E-state index >= 15 is 0 Å². The van der Waals surface area contributed by atoms with Crippen LogP contribution in [0.5, 0.6) is 0 Å². The first-order valence-corrected chi connectivity index (χ1v) is 1.15. The van der Waals surface area contributed by atoms with Crippen molar-refractivity contribution >= 4 is 0 Å². The first kappa shape index (κ1) is 16.3. The second-order valence-corrected chi connectivity index (χ2v) is 0.577. The van der Waals surface area contributed by atoms with E-state index in [1.54, 1.807) is 0 Å². The van der Waals surface area contributed by atoms with E-state index in [0.717, 1.165) is 0 Å². The smallest absolute Gasteiger partial charge is 0 e. The zero-order valence-electron chi connectivity index (χ0n) is 3.29. The molecule has 0 heterocycles. The van der Waals surface area contributed by atoms with Crippen LogP contribution >= 0.6 is 0 Å². The van der Waals surface area contributed by atoms with Gasteiger partial charge in [-0.15, -0.1) is 0 Å². The van der Waals surface area contributed by atoms with Crippen molar-refractivity contribution in [2.45, 2.75) is 13.8 Å². The fourth-order valence-electron chi connectivity index (χ4n) is 0. The summed E-state index contributed by atoms with van der Waals surface area (Å²) in [5.74, 6) is 0. The summed E-state index contributed by atoms with van der Waals surface area (Å²) < 4.78 is 0. The first-order chi connectivity index (χ1) is 1.41. The maximum absolute atomic E-state index is 2.00. The summed E-state index contributed by atoms with van der Waals surface area (Å²) in [5.41, 5.74) is 0. The molecule has 0 bridgehead atoms. The van der Waals surface area contributed by atoms with Gasteiger partial charge in [-0.2, -0.15) is 13.8 Å². The molecule has 0 aromatic carbocycles. The molecule has 0 unspecified atom stereocenters. The molecular formula is C3H7AuCr-. The van der Waals surface area contributed by atoms with Crippen molar-refractivity contribution in [3.8, 4) is 0 Å².